The van der Waals surface area contributed by atoms with Gasteiger partial charge in [-0.05, 0) is 67.2 Å². The summed E-state index contributed by atoms with van der Waals surface area (Å²) in [6.45, 7) is 10.9. The number of aromatic amines is 2. The second kappa shape index (κ2) is 17.0. The Balaban J connectivity index is 1.09. The summed E-state index contributed by atoms with van der Waals surface area (Å²) in [6, 6.07) is 13.1. The van der Waals surface area contributed by atoms with E-state index >= 15 is 0 Å². The van der Waals surface area contributed by atoms with Crippen molar-refractivity contribution in [1.29, 1.82) is 0 Å². The van der Waals surface area contributed by atoms with Gasteiger partial charge < -0.3 is 39.9 Å². The van der Waals surface area contributed by atoms with E-state index in [-0.39, 0.29) is 35.7 Å². The van der Waals surface area contributed by atoms with Crippen molar-refractivity contribution in [3.63, 3.8) is 0 Å². The number of imidazole rings is 2. The maximum atomic E-state index is 13.7. The largest absolute Gasteiger partial charge is 0.453 e. The quantitative estimate of drug-likeness (QED) is 0.105. The molecule has 5 aromatic rings. The zero-order chi connectivity index (χ0) is 41.2. The highest BCUT2D eigenvalue weighted by Crippen LogP contribution is 2.41. The van der Waals surface area contributed by atoms with Crippen molar-refractivity contribution in [2.75, 3.05) is 27.3 Å². The first-order chi connectivity index (χ1) is 27.9. The number of hydrogen-bond donors (Lipinski definition) is 4. The van der Waals surface area contributed by atoms with E-state index in [1.54, 1.807) is 11.3 Å². The van der Waals surface area contributed by atoms with Crippen molar-refractivity contribution in [2.24, 2.45) is 11.8 Å². The predicted octanol–water partition coefficient (Wildman–Crippen LogP) is 7.75. The number of likely N-dealkylation sites (tertiary alicyclic amines) is 2. The number of ether oxygens (including phenoxy) is 2. The number of carbonyl (C=O) groups is 4. The molecule has 2 fully saturated rings. The smallest absolute Gasteiger partial charge is 0.407 e. The minimum atomic E-state index is -0.698. The fourth-order valence-corrected chi connectivity index (χ4v) is 9.29. The van der Waals surface area contributed by atoms with Gasteiger partial charge in [0.2, 0.25) is 11.8 Å². The van der Waals surface area contributed by atoms with Gasteiger partial charge in [-0.3, -0.25) is 9.59 Å². The van der Waals surface area contributed by atoms with Crippen LogP contribution in [-0.2, 0) is 19.1 Å². The van der Waals surface area contributed by atoms with Crippen LogP contribution in [0.25, 0.3) is 43.7 Å². The molecule has 0 saturated carbocycles. The summed E-state index contributed by atoms with van der Waals surface area (Å²) in [4.78, 5) is 72.7. The number of alkyl carbamates (subject to hydrolysis) is 2. The van der Waals surface area contributed by atoms with Crippen LogP contribution in [0.4, 0.5) is 9.59 Å². The van der Waals surface area contributed by atoms with Gasteiger partial charge in [-0.25, -0.2) is 19.6 Å². The third-order valence-electron chi connectivity index (χ3n) is 11.3. The Morgan fingerprint density at radius 1 is 0.724 bits per heavy atom. The van der Waals surface area contributed by atoms with E-state index in [0.29, 0.717) is 13.1 Å². The predicted molar refractivity (Wildman–Crippen MR) is 223 cm³/mol. The molecule has 3 aromatic heterocycles. The number of amides is 4. The molecule has 14 nitrogen and oxygen atoms in total. The number of fused-ring (bicyclic) bond motifs is 1. The Morgan fingerprint density at radius 3 is 1.72 bits per heavy atom. The molecule has 2 aromatic carbocycles. The molecule has 0 unspecified atom stereocenters. The highest BCUT2D eigenvalue weighted by atomic mass is 32.1. The standard InChI is InChI=1S/C43H52N8O6S/c1-23(2)35(48-42(54)56-6)40(52)50-18-8-10-33(50)38-44-21-31(46-38)27-14-12-26(13-15-27)28-16-17-29(30-20-25(5)58-37(28)30)32-22-45-39(47-32)34-11-9-19-51(34)41(53)36(24(3)4)49-43(55)57-7/h12-17,20-24,33-36H,8-11,18-19H2,1-7H3,(H,44,46)(H,45,47)(H,48,54)(H,49,55)/t33-,34-,35-,36-/m0/s1. The van der Waals surface area contributed by atoms with Gasteiger partial charge in [0.15, 0.2) is 0 Å². The minimum Gasteiger partial charge on any atom is -0.453 e. The third-order valence-corrected chi connectivity index (χ3v) is 12.4. The number of thiophene rings is 1. The van der Waals surface area contributed by atoms with Gasteiger partial charge >= 0.3 is 12.2 Å². The molecule has 4 atom stereocenters. The van der Waals surface area contributed by atoms with Crippen LogP contribution in [0.15, 0.2) is 54.9 Å². The zero-order valence-electron chi connectivity index (χ0n) is 34.0. The number of nitrogens with one attached hydrogen (secondary N) is 4. The van der Waals surface area contributed by atoms with Gasteiger partial charge in [0.1, 0.15) is 23.7 Å². The molecule has 0 bridgehead atoms. The highest BCUT2D eigenvalue weighted by Gasteiger charge is 2.39. The fourth-order valence-electron chi connectivity index (χ4n) is 8.22. The first-order valence-corrected chi connectivity index (χ1v) is 20.7. The maximum Gasteiger partial charge on any atom is 0.407 e. The Kier molecular flexibility index (Phi) is 11.9. The van der Waals surface area contributed by atoms with E-state index in [9.17, 15) is 19.2 Å². The lowest BCUT2D eigenvalue weighted by molar-refractivity contribution is -0.136. The van der Waals surface area contributed by atoms with Gasteiger partial charge in [-0.15, -0.1) is 11.3 Å². The fraction of sp³-hybridized carbons (Fsp3) is 0.442. The van der Waals surface area contributed by atoms with E-state index in [1.165, 1.54) is 23.8 Å². The summed E-state index contributed by atoms with van der Waals surface area (Å²) < 4.78 is 10.7. The summed E-state index contributed by atoms with van der Waals surface area (Å²) in [5, 5.41) is 6.54. The van der Waals surface area contributed by atoms with Gasteiger partial charge in [0, 0.05) is 33.6 Å². The van der Waals surface area contributed by atoms with Crippen LogP contribution < -0.4 is 10.6 Å². The first-order valence-electron chi connectivity index (χ1n) is 19.9. The molecule has 0 aliphatic carbocycles. The van der Waals surface area contributed by atoms with Crippen LogP contribution in [0.3, 0.4) is 0 Å². The molecule has 2 saturated heterocycles. The summed E-state index contributed by atoms with van der Waals surface area (Å²) >= 11 is 1.75. The van der Waals surface area contributed by atoms with E-state index in [0.717, 1.165) is 76.4 Å². The second-order valence-electron chi connectivity index (χ2n) is 15.8. The van der Waals surface area contributed by atoms with Crippen molar-refractivity contribution >= 4 is 45.4 Å². The van der Waals surface area contributed by atoms with Gasteiger partial charge in [-0.1, -0.05) is 64.1 Å². The lowest BCUT2D eigenvalue weighted by atomic mass is 9.98. The summed E-state index contributed by atoms with van der Waals surface area (Å²) in [5.74, 6) is 0.947. The van der Waals surface area contributed by atoms with Crippen LogP contribution in [-0.4, -0.2) is 93.1 Å². The third kappa shape index (κ3) is 8.04. The van der Waals surface area contributed by atoms with Crippen LogP contribution in [0.1, 0.15) is 82.0 Å². The first kappa shape index (κ1) is 40.5. The van der Waals surface area contributed by atoms with E-state index < -0.39 is 24.3 Å². The SMILES string of the molecule is COC(=O)N[C@H](C(=O)N1CCC[C@H]1c1ncc(-c2ccc(-c3ccc(-c4cnc([C@@H]5CCCN5C(=O)[C@@H](NC(=O)OC)C(C)C)[nH]4)c4cc(C)sc34)cc2)[nH]1)C(C)C. The van der Waals surface area contributed by atoms with E-state index in [2.05, 4.69) is 70.0 Å². The Bertz CT molecular complexity index is 2290. The molecular formula is C43H52N8O6S. The van der Waals surface area contributed by atoms with Gasteiger partial charge in [0.25, 0.3) is 0 Å². The summed E-state index contributed by atoms with van der Waals surface area (Å²) in [7, 11) is 2.59. The number of benzene rings is 2. The van der Waals surface area contributed by atoms with Crippen molar-refractivity contribution in [2.45, 2.75) is 84.5 Å². The molecule has 2 aliphatic rings. The Morgan fingerprint density at radius 2 is 1.21 bits per heavy atom. The molecule has 306 valence electrons. The molecule has 58 heavy (non-hydrogen) atoms. The number of methoxy groups -OCH3 is 2. The molecular weight excluding hydrogens is 757 g/mol. The maximum absolute atomic E-state index is 13.7. The topological polar surface area (TPSA) is 175 Å². The van der Waals surface area contributed by atoms with Gasteiger partial charge in [-0.2, -0.15) is 0 Å². The number of hydrogen-bond acceptors (Lipinski definition) is 9. The van der Waals surface area contributed by atoms with Crippen LogP contribution >= 0.6 is 11.3 Å². The summed E-state index contributed by atoms with van der Waals surface area (Å²) in [6.07, 6.45) is 5.65. The van der Waals surface area contributed by atoms with Crippen LogP contribution in [0.2, 0.25) is 0 Å². The number of carbonyl (C=O) groups excluding carboxylic acids is 4. The summed E-state index contributed by atoms with van der Waals surface area (Å²) in [5.41, 5.74) is 5.96. The van der Waals surface area contributed by atoms with E-state index in [1.807, 2.05) is 49.9 Å². The number of aryl methyl sites for hydroxylation is 1. The lowest BCUT2D eigenvalue weighted by Crippen LogP contribution is -2.51. The average Bonchev–Trinajstić information content (AvgIpc) is 4.06. The molecule has 0 spiro atoms. The molecule has 2 aliphatic heterocycles. The molecule has 4 N–H and O–H groups in total. The second-order valence-corrected chi connectivity index (χ2v) is 17.1. The highest BCUT2D eigenvalue weighted by molar-refractivity contribution is 7.19. The lowest BCUT2D eigenvalue weighted by Gasteiger charge is -2.30. The molecule has 15 heteroatoms. The zero-order valence-corrected chi connectivity index (χ0v) is 34.9. The number of aromatic nitrogens is 4. The average molecular weight is 809 g/mol. The molecule has 0 radical (unpaired) electrons. The minimum absolute atomic E-state index is 0.109. The molecule has 5 heterocycles. The van der Waals surface area contributed by atoms with Crippen molar-refractivity contribution in [3.05, 3.63) is 71.4 Å². The number of rotatable bonds is 11. The normalized spacial score (nSPS) is 17.9. The Labute approximate surface area is 342 Å². The van der Waals surface area contributed by atoms with Crippen molar-refractivity contribution < 1.29 is 28.7 Å². The van der Waals surface area contributed by atoms with Crippen LogP contribution in [0, 0.1) is 18.8 Å². The Hall–Kier alpha value is -5.70. The number of H-pyrrole nitrogens is 2. The van der Waals surface area contributed by atoms with Crippen molar-refractivity contribution in [3.8, 4) is 33.6 Å². The molecule has 4 amide bonds. The molecule has 7 rings (SSSR count). The van der Waals surface area contributed by atoms with E-state index in [4.69, 9.17) is 19.4 Å². The van der Waals surface area contributed by atoms with Gasteiger partial charge in [0.05, 0.1) is 50.1 Å². The number of nitrogens with zero attached hydrogens (tertiary/aromatic N) is 4. The van der Waals surface area contributed by atoms with Crippen molar-refractivity contribution in [1.82, 2.24) is 40.4 Å². The monoisotopic (exact) mass is 808 g/mol. The van der Waals surface area contributed by atoms with Crippen LogP contribution in [0.5, 0.6) is 0 Å².